The van der Waals surface area contributed by atoms with Gasteiger partial charge in [0.2, 0.25) is 0 Å². The Balaban J connectivity index is 1.95. The number of hydrogen-bond acceptors (Lipinski definition) is 5. The number of carbonyl (C=O) groups is 2. The topological polar surface area (TPSA) is 114 Å². The molecule has 0 aliphatic heterocycles. The molecule has 0 saturated carbocycles. The van der Waals surface area contributed by atoms with Crippen molar-refractivity contribution in [2.75, 3.05) is 5.32 Å². The fraction of sp³-hybridized carbons (Fsp3) is 0. The number of rotatable bonds is 4. The number of halogens is 2. The minimum atomic E-state index is -1.03. The molecule has 0 saturated heterocycles. The smallest absolute Gasteiger partial charge is 0.318 e. The van der Waals surface area contributed by atoms with Crippen LogP contribution in [0.4, 0.5) is 11.4 Å². The van der Waals surface area contributed by atoms with E-state index in [4.69, 9.17) is 23.2 Å². The molecule has 10 heteroatoms. The van der Waals surface area contributed by atoms with Gasteiger partial charge >= 0.3 is 11.8 Å². The molecule has 0 aliphatic rings. The highest BCUT2D eigenvalue weighted by Crippen LogP contribution is 2.22. The van der Waals surface area contributed by atoms with Gasteiger partial charge < -0.3 is 5.32 Å². The minimum absolute atomic E-state index is 0.135. The Labute approximate surface area is 151 Å². The van der Waals surface area contributed by atoms with E-state index in [2.05, 4.69) is 10.4 Å². The predicted molar refractivity (Wildman–Crippen MR) is 93.9 cm³/mol. The molecule has 2 amide bonds. The summed E-state index contributed by atoms with van der Waals surface area (Å²) in [6.07, 6.45) is 1.21. The van der Waals surface area contributed by atoms with E-state index in [1.165, 1.54) is 30.5 Å². The van der Waals surface area contributed by atoms with Crippen LogP contribution in [0.2, 0.25) is 10.0 Å². The Kier molecular flexibility index (Phi) is 6.04. The fourth-order valence-electron chi connectivity index (χ4n) is 1.69. The number of hydrazone groups is 1. The van der Waals surface area contributed by atoms with Crippen LogP contribution in [-0.2, 0) is 9.59 Å². The van der Waals surface area contributed by atoms with Crippen molar-refractivity contribution < 1.29 is 14.5 Å². The van der Waals surface area contributed by atoms with Gasteiger partial charge in [-0.3, -0.25) is 19.7 Å². The fourth-order valence-corrected chi connectivity index (χ4v) is 2.19. The molecule has 0 aromatic heterocycles. The molecule has 0 unspecified atom stereocenters. The van der Waals surface area contributed by atoms with Gasteiger partial charge in [-0.1, -0.05) is 29.3 Å². The van der Waals surface area contributed by atoms with Crippen LogP contribution in [0.15, 0.2) is 47.6 Å². The molecule has 0 fully saturated rings. The second-order valence-corrected chi connectivity index (χ2v) is 5.41. The molecule has 8 nitrogen and oxygen atoms in total. The maximum atomic E-state index is 11.7. The third-order valence-electron chi connectivity index (χ3n) is 2.90. The Morgan fingerprint density at radius 1 is 1.04 bits per heavy atom. The SMILES string of the molecule is O=C(N/N=C\c1c(Cl)cccc1Cl)C(=O)Nc1ccc([N+](=O)[O-])cc1. The lowest BCUT2D eigenvalue weighted by Gasteiger charge is -2.04. The Bertz CT molecular complexity index is 833. The van der Waals surface area contributed by atoms with Crippen LogP contribution >= 0.6 is 23.2 Å². The number of carbonyl (C=O) groups excluding carboxylic acids is 2. The van der Waals surface area contributed by atoms with Gasteiger partial charge in [-0.25, -0.2) is 5.43 Å². The molecule has 2 aromatic carbocycles. The molecular formula is C15H10Cl2N4O4. The number of nitro groups is 1. The van der Waals surface area contributed by atoms with Gasteiger partial charge in [0.05, 0.1) is 21.2 Å². The zero-order valence-corrected chi connectivity index (χ0v) is 13.9. The highest BCUT2D eigenvalue weighted by molar-refractivity contribution is 6.40. The Morgan fingerprint density at radius 3 is 2.20 bits per heavy atom. The van der Waals surface area contributed by atoms with Crippen molar-refractivity contribution in [2.45, 2.75) is 0 Å². The van der Waals surface area contributed by atoms with Gasteiger partial charge in [-0.05, 0) is 24.3 Å². The number of amides is 2. The van der Waals surface area contributed by atoms with Crippen LogP contribution in [0.25, 0.3) is 0 Å². The second kappa shape index (κ2) is 8.22. The van der Waals surface area contributed by atoms with Crippen LogP contribution in [-0.4, -0.2) is 23.0 Å². The minimum Gasteiger partial charge on any atom is -0.318 e. The number of anilines is 1. The van der Waals surface area contributed by atoms with Crippen molar-refractivity contribution in [3.05, 3.63) is 68.2 Å². The first-order valence-corrected chi connectivity index (χ1v) is 7.47. The highest BCUT2D eigenvalue weighted by atomic mass is 35.5. The molecular weight excluding hydrogens is 371 g/mol. The molecule has 25 heavy (non-hydrogen) atoms. The van der Waals surface area contributed by atoms with Crippen LogP contribution < -0.4 is 10.7 Å². The van der Waals surface area contributed by atoms with Crippen molar-refractivity contribution >= 4 is 52.6 Å². The summed E-state index contributed by atoms with van der Waals surface area (Å²) in [5, 5.41) is 17.1. The Morgan fingerprint density at radius 2 is 1.64 bits per heavy atom. The van der Waals surface area contributed by atoms with Crippen LogP contribution in [0.1, 0.15) is 5.56 Å². The van der Waals surface area contributed by atoms with Gasteiger partial charge in [0.15, 0.2) is 0 Å². The first-order chi connectivity index (χ1) is 11.9. The predicted octanol–water partition coefficient (Wildman–Crippen LogP) is 2.99. The van der Waals surface area contributed by atoms with Gasteiger partial charge in [0.1, 0.15) is 0 Å². The number of non-ortho nitro benzene ring substituents is 1. The number of nitrogens with zero attached hydrogens (tertiary/aromatic N) is 2. The molecule has 2 N–H and O–H groups in total. The van der Waals surface area contributed by atoms with Crippen molar-refractivity contribution in [2.24, 2.45) is 5.10 Å². The maximum Gasteiger partial charge on any atom is 0.329 e. The molecule has 0 bridgehead atoms. The van der Waals surface area contributed by atoms with Gasteiger partial charge in [0.25, 0.3) is 5.69 Å². The van der Waals surface area contributed by atoms with E-state index in [0.717, 1.165) is 0 Å². The van der Waals surface area contributed by atoms with E-state index in [1.54, 1.807) is 18.2 Å². The summed E-state index contributed by atoms with van der Waals surface area (Å²) in [7, 11) is 0. The zero-order valence-electron chi connectivity index (χ0n) is 12.4. The quantitative estimate of drug-likeness (QED) is 0.367. The summed E-state index contributed by atoms with van der Waals surface area (Å²) >= 11 is 11.9. The second-order valence-electron chi connectivity index (χ2n) is 4.59. The molecule has 2 rings (SSSR count). The van der Waals surface area contributed by atoms with E-state index in [9.17, 15) is 19.7 Å². The van der Waals surface area contributed by atoms with E-state index in [-0.39, 0.29) is 11.4 Å². The highest BCUT2D eigenvalue weighted by Gasteiger charge is 2.14. The van der Waals surface area contributed by atoms with Crippen LogP contribution in [0.5, 0.6) is 0 Å². The Hall–Kier alpha value is -2.97. The third kappa shape index (κ3) is 5.00. The monoisotopic (exact) mass is 380 g/mol. The molecule has 0 radical (unpaired) electrons. The summed E-state index contributed by atoms with van der Waals surface area (Å²) in [6, 6.07) is 9.84. The lowest BCUT2D eigenvalue weighted by molar-refractivity contribution is -0.384. The number of hydrogen-bond donors (Lipinski definition) is 2. The number of nitrogens with one attached hydrogen (secondary N) is 2. The molecule has 0 atom stereocenters. The van der Waals surface area contributed by atoms with Crippen molar-refractivity contribution in [1.29, 1.82) is 0 Å². The van der Waals surface area contributed by atoms with E-state index < -0.39 is 16.7 Å². The normalized spacial score (nSPS) is 10.5. The summed E-state index contributed by atoms with van der Waals surface area (Å²) in [5.41, 5.74) is 2.51. The molecule has 2 aromatic rings. The largest absolute Gasteiger partial charge is 0.329 e. The van der Waals surface area contributed by atoms with Gasteiger partial charge in [-0.2, -0.15) is 5.10 Å². The lowest BCUT2D eigenvalue weighted by Crippen LogP contribution is -2.32. The van der Waals surface area contributed by atoms with Crippen LogP contribution in [0, 0.1) is 10.1 Å². The molecule has 0 spiro atoms. The number of nitro benzene ring substituents is 1. The van der Waals surface area contributed by atoms with Gasteiger partial charge in [-0.15, -0.1) is 0 Å². The summed E-state index contributed by atoms with van der Waals surface area (Å²) in [5.74, 6) is -2.02. The molecule has 128 valence electrons. The van der Waals surface area contributed by atoms with Crippen molar-refractivity contribution in [3.63, 3.8) is 0 Å². The van der Waals surface area contributed by atoms with E-state index >= 15 is 0 Å². The lowest BCUT2D eigenvalue weighted by atomic mass is 10.2. The summed E-state index contributed by atoms with van der Waals surface area (Å²) in [6.45, 7) is 0. The van der Waals surface area contributed by atoms with Gasteiger partial charge in [0, 0.05) is 23.4 Å². The first-order valence-electron chi connectivity index (χ1n) is 6.71. The molecule has 0 heterocycles. The average molecular weight is 381 g/mol. The van der Waals surface area contributed by atoms with Crippen LogP contribution in [0.3, 0.4) is 0 Å². The first kappa shape index (κ1) is 18.4. The zero-order chi connectivity index (χ0) is 18.4. The third-order valence-corrected chi connectivity index (χ3v) is 3.56. The average Bonchev–Trinajstić information content (AvgIpc) is 2.57. The summed E-state index contributed by atoms with van der Waals surface area (Å²) in [4.78, 5) is 33.4. The summed E-state index contributed by atoms with van der Waals surface area (Å²) < 4.78 is 0. The van der Waals surface area contributed by atoms with E-state index in [0.29, 0.717) is 15.6 Å². The maximum absolute atomic E-state index is 11.7. The van der Waals surface area contributed by atoms with E-state index in [1.807, 2.05) is 5.43 Å². The van der Waals surface area contributed by atoms with Crippen molar-refractivity contribution in [1.82, 2.24) is 5.43 Å². The number of benzene rings is 2. The molecule has 0 aliphatic carbocycles. The van der Waals surface area contributed by atoms with Crippen molar-refractivity contribution in [3.8, 4) is 0 Å². The standard InChI is InChI=1S/C15H10Cl2N4O4/c16-12-2-1-3-13(17)11(12)8-18-20-15(23)14(22)19-9-4-6-10(7-5-9)21(24)25/h1-8H,(H,19,22)(H,20,23)/b18-8-.